The molecule has 0 spiro atoms. The summed E-state index contributed by atoms with van der Waals surface area (Å²) < 4.78 is 0. The summed E-state index contributed by atoms with van der Waals surface area (Å²) in [5, 5.41) is 9.18. The average molecular weight is 227 g/mol. The minimum Gasteiger partial charge on any atom is -0.480 e. The second-order valence-electron chi connectivity index (χ2n) is 5.16. The van der Waals surface area contributed by atoms with Gasteiger partial charge in [0.25, 0.3) is 0 Å². The van der Waals surface area contributed by atoms with Gasteiger partial charge in [0, 0.05) is 13.0 Å². The van der Waals surface area contributed by atoms with E-state index in [2.05, 4.69) is 13.8 Å². The van der Waals surface area contributed by atoms with Crippen LogP contribution in [0.4, 0.5) is 0 Å². The van der Waals surface area contributed by atoms with Gasteiger partial charge in [-0.1, -0.05) is 13.8 Å². The lowest BCUT2D eigenvalue weighted by atomic mass is 9.98. The van der Waals surface area contributed by atoms with Crippen LogP contribution < -0.4 is 0 Å². The molecule has 1 amide bonds. The van der Waals surface area contributed by atoms with E-state index in [1.54, 1.807) is 6.92 Å². The third kappa shape index (κ3) is 2.54. The lowest BCUT2D eigenvalue weighted by molar-refractivity contribution is -0.155. The van der Waals surface area contributed by atoms with Gasteiger partial charge in [-0.25, -0.2) is 4.79 Å². The summed E-state index contributed by atoms with van der Waals surface area (Å²) in [6.45, 7) is 6.36. The lowest BCUT2D eigenvalue weighted by Gasteiger charge is -2.31. The number of hydrogen-bond donors (Lipinski definition) is 1. The van der Waals surface area contributed by atoms with Crippen LogP contribution in [0.1, 0.15) is 46.5 Å². The molecular weight excluding hydrogens is 206 g/mol. The molecule has 0 saturated carbocycles. The molecule has 0 aromatic rings. The summed E-state index contributed by atoms with van der Waals surface area (Å²) in [5.41, 5.74) is -0.978. The van der Waals surface area contributed by atoms with E-state index < -0.39 is 11.5 Å². The summed E-state index contributed by atoms with van der Waals surface area (Å²) >= 11 is 0. The number of carboxylic acid groups (broad SMARTS) is 1. The first-order valence-electron chi connectivity index (χ1n) is 5.92. The summed E-state index contributed by atoms with van der Waals surface area (Å²) in [4.78, 5) is 24.7. The Morgan fingerprint density at radius 2 is 2.06 bits per heavy atom. The Kier molecular flexibility index (Phi) is 3.94. The molecule has 0 aromatic carbocycles. The molecular formula is C12H21NO3. The van der Waals surface area contributed by atoms with E-state index in [1.165, 1.54) is 4.90 Å². The number of aliphatic carboxylic acids is 1. The van der Waals surface area contributed by atoms with Crippen molar-refractivity contribution in [2.45, 2.75) is 52.0 Å². The first kappa shape index (κ1) is 13.0. The van der Waals surface area contributed by atoms with Crippen LogP contribution in [0, 0.1) is 5.92 Å². The minimum atomic E-state index is -0.978. The molecule has 4 heteroatoms. The molecule has 0 aromatic heterocycles. The number of carbonyl (C=O) groups excluding carboxylic acids is 1. The zero-order valence-corrected chi connectivity index (χ0v) is 10.3. The molecule has 4 nitrogen and oxygen atoms in total. The third-order valence-corrected chi connectivity index (χ3v) is 3.34. The summed E-state index contributed by atoms with van der Waals surface area (Å²) in [7, 11) is 0. The van der Waals surface area contributed by atoms with Crippen molar-refractivity contribution in [3.63, 3.8) is 0 Å². The maximum Gasteiger partial charge on any atom is 0.329 e. The van der Waals surface area contributed by atoms with Crippen molar-refractivity contribution in [3.05, 3.63) is 0 Å². The first-order valence-corrected chi connectivity index (χ1v) is 5.92. The normalized spacial score (nSPS) is 25.1. The summed E-state index contributed by atoms with van der Waals surface area (Å²) in [6, 6.07) is 0. The van der Waals surface area contributed by atoms with Crippen molar-refractivity contribution in [2.24, 2.45) is 5.92 Å². The predicted octanol–water partition coefficient (Wildman–Crippen LogP) is 1.89. The van der Waals surface area contributed by atoms with Gasteiger partial charge in [-0.05, 0) is 32.1 Å². The molecule has 1 fully saturated rings. The van der Waals surface area contributed by atoms with Crippen molar-refractivity contribution < 1.29 is 14.7 Å². The second-order valence-corrected chi connectivity index (χ2v) is 5.16. The van der Waals surface area contributed by atoms with E-state index in [1.807, 2.05) is 0 Å². The van der Waals surface area contributed by atoms with Crippen LogP contribution in [0.15, 0.2) is 0 Å². The van der Waals surface area contributed by atoms with Crippen LogP contribution in [-0.4, -0.2) is 34.0 Å². The second kappa shape index (κ2) is 4.85. The van der Waals surface area contributed by atoms with Gasteiger partial charge in [0.05, 0.1) is 0 Å². The van der Waals surface area contributed by atoms with Gasteiger partial charge in [-0.15, -0.1) is 0 Å². The number of carbonyl (C=O) groups is 2. The fraction of sp³-hybridized carbons (Fsp3) is 0.833. The van der Waals surface area contributed by atoms with Crippen LogP contribution in [-0.2, 0) is 9.59 Å². The molecule has 1 rings (SSSR count). The topological polar surface area (TPSA) is 57.6 Å². The van der Waals surface area contributed by atoms with E-state index in [0.717, 1.165) is 12.8 Å². The Balaban J connectivity index is 2.65. The van der Waals surface area contributed by atoms with Gasteiger partial charge in [0.15, 0.2) is 0 Å². The number of likely N-dealkylation sites (tertiary alicyclic amines) is 1. The van der Waals surface area contributed by atoms with E-state index in [0.29, 0.717) is 25.3 Å². The van der Waals surface area contributed by atoms with E-state index in [-0.39, 0.29) is 5.91 Å². The van der Waals surface area contributed by atoms with Crippen LogP contribution in [0.3, 0.4) is 0 Å². The molecule has 1 aliphatic heterocycles. The highest BCUT2D eigenvalue weighted by Crippen LogP contribution is 2.30. The molecule has 1 saturated heterocycles. The van der Waals surface area contributed by atoms with Crippen molar-refractivity contribution >= 4 is 11.9 Å². The number of rotatable bonds is 4. The average Bonchev–Trinajstić information content (AvgIpc) is 2.58. The van der Waals surface area contributed by atoms with Crippen molar-refractivity contribution in [1.82, 2.24) is 4.90 Å². The van der Waals surface area contributed by atoms with Gasteiger partial charge in [-0.3, -0.25) is 4.79 Å². The zero-order valence-electron chi connectivity index (χ0n) is 10.3. The molecule has 0 aliphatic carbocycles. The van der Waals surface area contributed by atoms with E-state index in [4.69, 9.17) is 0 Å². The van der Waals surface area contributed by atoms with Crippen LogP contribution in [0.25, 0.3) is 0 Å². The van der Waals surface area contributed by atoms with Gasteiger partial charge < -0.3 is 10.0 Å². The quantitative estimate of drug-likeness (QED) is 0.797. The van der Waals surface area contributed by atoms with Gasteiger partial charge in [0.1, 0.15) is 5.54 Å². The lowest BCUT2D eigenvalue weighted by Crippen LogP contribution is -2.50. The highest BCUT2D eigenvalue weighted by atomic mass is 16.4. The maximum absolute atomic E-state index is 11.9. The Morgan fingerprint density at radius 3 is 2.56 bits per heavy atom. The van der Waals surface area contributed by atoms with Crippen LogP contribution in [0.2, 0.25) is 0 Å². The van der Waals surface area contributed by atoms with Crippen molar-refractivity contribution in [1.29, 1.82) is 0 Å². The number of hydrogen-bond acceptors (Lipinski definition) is 2. The molecule has 16 heavy (non-hydrogen) atoms. The Labute approximate surface area is 96.6 Å². The molecule has 0 bridgehead atoms. The monoisotopic (exact) mass is 227 g/mol. The SMILES string of the molecule is CC(C)CCC(=O)N1CCCC1(C)C(=O)O. The molecule has 92 valence electrons. The molecule has 1 atom stereocenters. The Hall–Kier alpha value is -1.06. The largest absolute Gasteiger partial charge is 0.480 e. The molecule has 1 aliphatic rings. The predicted molar refractivity (Wildman–Crippen MR) is 61.1 cm³/mol. The molecule has 0 radical (unpaired) electrons. The van der Waals surface area contributed by atoms with Gasteiger partial charge in [0.2, 0.25) is 5.91 Å². The molecule has 1 N–H and O–H groups in total. The van der Waals surface area contributed by atoms with Crippen LogP contribution >= 0.6 is 0 Å². The first-order chi connectivity index (χ1) is 7.38. The number of carboxylic acids is 1. The number of amides is 1. The molecule has 1 unspecified atom stereocenters. The highest BCUT2D eigenvalue weighted by Gasteiger charge is 2.45. The minimum absolute atomic E-state index is 0.0175. The third-order valence-electron chi connectivity index (χ3n) is 3.34. The van der Waals surface area contributed by atoms with Gasteiger partial charge >= 0.3 is 5.97 Å². The Morgan fingerprint density at radius 1 is 1.44 bits per heavy atom. The fourth-order valence-corrected chi connectivity index (χ4v) is 2.13. The standard InChI is InChI=1S/C12H21NO3/c1-9(2)5-6-10(14)13-8-4-7-12(13,3)11(15)16/h9H,4-8H2,1-3H3,(H,15,16). The summed E-state index contributed by atoms with van der Waals surface area (Å²) in [5.74, 6) is -0.429. The molecule has 1 heterocycles. The fourth-order valence-electron chi connectivity index (χ4n) is 2.13. The maximum atomic E-state index is 11.9. The van der Waals surface area contributed by atoms with Crippen molar-refractivity contribution in [3.8, 4) is 0 Å². The van der Waals surface area contributed by atoms with Gasteiger partial charge in [-0.2, -0.15) is 0 Å². The van der Waals surface area contributed by atoms with Crippen LogP contribution in [0.5, 0.6) is 0 Å². The van der Waals surface area contributed by atoms with Crippen molar-refractivity contribution in [2.75, 3.05) is 6.54 Å². The summed E-state index contributed by atoms with van der Waals surface area (Å²) in [6.07, 6.45) is 2.64. The smallest absolute Gasteiger partial charge is 0.329 e. The van der Waals surface area contributed by atoms with E-state index >= 15 is 0 Å². The highest BCUT2D eigenvalue weighted by molar-refractivity contribution is 5.87. The van der Waals surface area contributed by atoms with E-state index in [9.17, 15) is 14.7 Å². The number of nitrogens with zero attached hydrogens (tertiary/aromatic N) is 1. The Bertz CT molecular complexity index is 288. The zero-order chi connectivity index (χ0) is 12.3.